The summed E-state index contributed by atoms with van der Waals surface area (Å²) in [6, 6.07) is 0. The Morgan fingerprint density at radius 1 is 1.18 bits per heavy atom. The molecule has 200 valence electrons. The molecule has 1 aliphatic carbocycles. The van der Waals surface area contributed by atoms with Crippen molar-refractivity contribution in [2.45, 2.75) is 64.1 Å². The van der Waals surface area contributed by atoms with Crippen LogP contribution >= 0.6 is 0 Å². The number of fused-ring (bicyclic) bond motifs is 1. The van der Waals surface area contributed by atoms with Gasteiger partial charge in [-0.2, -0.15) is 14.7 Å². The number of carboxylic acid groups (broad SMARTS) is 1. The number of rotatable bonds is 8. The van der Waals surface area contributed by atoms with Crippen LogP contribution in [0.3, 0.4) is 0 Å². The molecule has 0 amide bonds. The smallest absolute Gasteiger partial charge is 0.338 e. The predicted molar refractivity (Wildman–Crippen MR) is 138 cm³/mol. The summed E-state index contributed by atoms with van der Waals surface area (Å²) in [6.45, 7) is 1.86. The number of aliphatic imine (C=N–C) groups is 1. The largest absolute Gasteiger partial charge is 0.479 e. The highest BCUT2D eigenvalue weighted by molar-refractivity contribution is 6.03. The van der Waals surface area contributed by atoms with Crippen LogP contribution in [0.2, 0.25) is 0 Å². The fourth-order valence-corrected chi connectivity index (χ4v) is 5.50. The summed E-state index contributed by atoms with van der Waals surface area (Å²) in [7, 11) is 0. The van der Waals surface area contributed by atoms with Crippen molar-refractivity contribution in [3.63, 3.8) is 0 Å². The predicted octanol–water partition coefficient (Wildman–Crippen LogP) is 3.02. The molecular weight excluding hydrogens is 493 g/mol. The van der Waals surface area contributed by atoms with E-state index in [1.54, 1.807) is 23.3 Å². The van der Waals surface area contributed by atoms with Crippen LogP contribution in [-0.4, -0.2) is 64.8 Å². The van der Waals surface area contributed by atoms with Crippen LogP contribution in [0.4, 0.5) is 10.2 Å². The standard InChI is InChI=1S/C26H30FN7O4/c1-14(36)21-23(16-4-2-15(3-5-16)22(27)26(37)38)32-25-19(12-31-34(25)24(21)28)17-6-7-20(29-10-17)18-11-30-33(13-18)8-9-35/h10-13,15-16,22,35H,2-9,28H2,1H3,(H,37,38). The number of aliphatic carboxylic acids is 1. The van der Waals surface area contributed by atoms with Crippen molar-refractivity contribution < 1.29 is 24.2 Å². The summed E-state index contributed by atoms with van der Waals surface area (Å²) in [4.78, 5) is 33.2. The van der Waals surface area contributed by atoms with E-state index in [0.29, 0.717) is 62.0 Å². The monoisotopic (exact) mass is 523 g/mol. The van der Waals surface area contributed by atoms with Crippen molar-refractivity contribution in [2.75, 3.05) is 12.3 Å². The minimum absolute atomic E-state index is 0.00990. The molecular formula is C26H30FN7O4. The first-order valence-corrected chi connectivity index (χ1v) is 12.7. The molecule has 1 aliphatic heterocycles. The lowest BCUT2D eigenvalue weighted by Gasteiger charge is -2.30. The Bertz CT molecular complexity index is 1450. The van der Waals surface area contributed by atoms with Gasteiger partial charge in [0.1, 0.15) is 5.82 Å². The highest BCUT2D eigenvalue weighted by atomic mass is 19.1. The number of hydrogen-bond donors (Lipinski definition) is 3. The second-order valence-electron chi connectivity index (χ2n) is 9.90. The first-order chi connectivity index (χ1) is 18.3. The number of aliphatic hydroxyl groups is 1. The van der Waals surface area contributed by atoms with E-state index in [4.69, 9.17) is 20.9 Å². The third-order valence-corrected chi connectivity index (χ3v) is 7.52. The van der Waals surface area contributed by atoms with E-state index in [0.717, 1.165) is 22.4 Å². The van der Waals surface area contributed by atoms with Crippen molar-refractivity contribution >= 4 is 34.5 Å². The van der Waals surface area contributed by atoms with Gasteiger partial charge in [0.25, 0.3) is 0 Å². The van der Waals surface area contributed by atoms with Gasteiger partial charge in [0.05, 0.1) is 42.5 Å². The first kappa shape index (κ1) is 25.7. The zero-order chi connectivity index (χ0) is 27.0. The van der Waals surface area contributed by atoms with Gasteiger partial charge in [-0.05, 0) is 51.0 Å². The van der Waals surface area contributed by atoms with E-state index in [-0.39, 0.29) is 24.1 Å². The number of allylic oxidation sites excluding steroid dienone is 1. The number of carbonyl (C=O) groups is 2. The van der Waals surface area contributed by atoms with E-state index in [2.05, 4.69) is 15.2 Å². The number of carbonyl (C=O) groups excluding carboxylic acids is 1. The molecule has 11 nitrogen and oxygen atoms in total. The molecule has 0 aromatic carbocycles. The highest BCUT2D eigenvalue weighted by Crippen LogP contribution is 2.40. The quantitative estimate of drug-likeness (QED) is 0.380. The SMILES string of the molecule is CC(=O)c1c(C2CCC(C(F)C(=O)O)CC2)nc2c(C3=CN=C(c4cnn(CCO)c4)CC3)cnn2c1N. The van der Waals surface area contributed by atoms with Gasteiger partial charge in [-0.15, -0.1) is 0 Å². The normalized spacial score (nSPS) is 20.7. The van der Waals surface area contributed by atoms with Crippen molar-refractivity contribution in [2.24, 2.45) is 10.9 Å². The average Bonchev–Trinajstić information content (AvgIpc) is 3.56. The second kappa shape index (κ2) is 10.4. The molecule has 2 aliphatic rings. The first-order valence-electron chi connectivity index (χ1n) is 12.7. The number of Topliss-reactive ketones (excluding diaryl/α,β-unsaturated/α-hetero) is 1. The van der Waals surface area contributed by atoms with Crippen LogP contribution in [-0.2, 0) is 11.3 Å². The van der Waals surface area contributed by atoms with Gasteiger partial charge in [-0.3, -0.25) is 14.5 Å². The van der Waals surface area contributed by atoms with Gasteiger partial charge in [-0.25, -0.2) is 14.2 Å². The van der Waals surface area contributed by atoms with Crippen LogP contribution in [0.5, 0.6) is 0 Å². The van der Waals surface area contributed by atoms with Crippen molar-refractivity contribution in [3.8, 4) is 0 Å². The lowest BCUT2D eigenvalue weighted by molar-refractivity contribution is -0.145. The minimum atomic E-state index is -1.89. The number of hydrogen-bond acceptors (Lipinski definition) is 8. The van der Waals surface area contributed by atoms with Crippen LogP contribution in [0, 0.1) is 5.92 Å². The van der Waals surface area contributed by atoms with Crippen LogP contribution in [0.25, 0.3) is 11.2 Å². The molecule has 1 fully saturated rings. The molecule has 1 unspecified atom stereocenters. The Hall–Kier alpha value is -3.93. The number of halogens is 1. The van der Waals surface area contributed by atoms with Gasteiger partial charge in [-0.1, -0.05) is 0 Å². The van der Waals surface area contributed by atoms with E-state index in [9.17, 15) is 14.0 Å². The number of alkyl halides is 1. The molecule has 1 saturated carbocycles. The topological polar surface area (TPSA) is 161 Å². The Kier molecular flexibility index (Phi) is 7.06. The Labute approximate surface area is 217 Å². The third kappa shape index (κ3) is 4.71. The summed E-state index contributed by atoms with van der Waals surface area (Å²) in [6.07, 6.45) is 8.36. The number of aliphatic hydroxyl groups excluding tert-OH is 1. The summed E-state index contributed by atoms with van der Waals surface area (Å²) in [5, 5.41) is 26.8. The molecule has 12 heteroatoms. The molecule has 3 aromatic rings. The third-order valence-electron chi connectivity index (χ3n) is 7.52. The zero-order valence-electron chi connectivity index (χ0n) is 21.0. The Morgan fingerprint density at radius 3 is 2.58 bits per heavy atom. The number of carboxylic acids is 1. The maximum absolute atomic E-state index is 14.1. The van der Waals surface area contributed by atoms with E-state index in [1.165, 1.54) is 11.4 Å². The van der Waals surface area contributed by atoms with Crippen molar-refractivity contribution in [1.29, 1.82) is 0 Å². The van der Waals surface area contributed by atoms with Crippen LogP contribution in [0.1, 0.15) is 78.5 Å². The number of nitrogens with two attached hydrogens (primary N) is 1. The summed E-state index contributed by atoms with van der Waals surface area (Å²) in [5.41, 5.74) is 11.3. The van der Waals surface area contributed by atoms with E-state index < -0.39 is 18.1 Å². The fraction of sp³-hybridized carbons (Fsp3) is 0.462. The maximum Gasteiger partial charge on any atom is 0.338 e. The zero-order valence-corrected chi connectivity index (χ0v) is 21.0. The molecule has 4 heterocycles. The minimum Gasteiger partial charge on any atom is -0.479 e. The Morgan fingerprint density at radius 2 is 1.95 bits per heavy atom. The van der Waals surface area contributed by atoms with Gasteiger partial charge >= 0.3 is 5.97 Å². The van der Waals surface area contributed by atoms with E-state index in [1.807, 2.05) is 6.20 Å². The molecule has 0 spiro atoms. The summed E-state index contributed by atoms with van der Waals surface area (Å²) < 4.78 is 17.2. The highest BCUT2D eigenvalue weighted by Gasteiger charge is 2.35. The molecule has 0 bridgehead atoms. The maximum atomic E-state index is 14.1. The van der Waals surface area contributed by atoms with E-state index >= 15 is 0 Å². The molecule has 0 radical (unpaired) electrons. The van der Waals surface area contributed by atoms with Gasteiger partial charge in [0.2, 0.25) is 0 Å². The van der Waals surface area contributed by atoms with Crippen LogP contribution < -0.4 is 5.73 Å². The lowest BCUT2D eigenvalue weighted by atomic mass is 9.77. The van der Waals surface area contributed by atoms with Crippen LogP contribution in [0.15, 0.2) is 29.8 Å². The molecule has 3 aromatic heterocycles. The number of nitrogen functional groups attached to an aromatic ring is 1. The van der Waals surface area contributed by atoms with Gasteiger partial charge in [0, 0.05) is 35.4 Å². The second-order valence-corrected chi connectivity index (χ2v) is 9.90. The average molecular weight is 524 g/mol. The molecule has 38 heavy (non-hydrogen) atoms. The number of anilines is 1. The fourth-order valence-electron chi connectivity index (χ4n) is 5.50. The number of aromatic nitrogens is 5. The summed E-state index contributed by atoms with van der Waals surface area (Å²) >= 11 is 0. The molecule has 0 saturated heterocycles. The summed E-state index contributed by atoms with van der Waals surface area (Å²) in [5.74, 6) is -2.14. The Balaban J connectivity index is 1.47. The molecule has 1 atom stereocenters. The lowest BCUT2D eigenvalue weighted by Crippen LogP contribution is -2.29. The van der Waals surface area contributed by atoms with Gasteiger partial charge < -0.3 is 15.9 Å². The van der Waals surface area contributed by atoms with Gasteiger partial charge in [0.15, 0.2) is 17.6 Å². The molecule has 4 N–H and O–H groups in total. The number of ketones is 1. The number of nitrogens with zero attached hydrogens (tertiary/aromatic N) is 6. The van der Waals surface area contributed by atoms with Crippen molar-refractivity contribution in [1.82, 2.24) is 24.4 Å². The molecule has 5 rings (SSSR count). The van der Waals surface area contributed by atoms with Crippen molar-refractivity contribution in [3.05, 3.63) is 47.2 Å².